The first-order valence-corrected chi connectivity index (χ1v) is 7.70. The standard InChI is InChI=1S/C12H15F2NO2.C5H11NO2/c1-9-3-2-4-10(7-9)8-15-11(16)5-6-17-12(13)14;1-5(2,3)8-4(6)7/h2-4,7,12H,5-6,8H2,1H3,(H,15,16);1-3H3,(H2,6,7). The van der Waals surface area contributed by atoms with Crippen LogP contribution in [0.4, 0.5) is 13.6 Å². The van der Waals surface area contributed by atoms with Gasteiger partial charge in [-0.15, -0.1) is 0 Å². The normalized spacial score (nSPS) is 10.7. The number of hydrogen-bond donors (Lipinski definition) is 2. The zero-order valence-electron chi connectivity index (χ0n) is 15.0. The Balaban J connectivity index is 0.000000609. The average molecular weight is 360 g/mol. The minimum Gasteiger partial charge on any atom is -0.444 e. The van der Waals surface area contributed by atoms with Crippen LogP contribution >= 0.6 is 0 Å². The number of carbonyl (C=O) groups excluding carboxylic acids is 2. The van der Waals surface area contributed by atoms with Gasteiger partial charge in [-0.3, -0.25) is 4.79 Å². The number of nitrogens with one attached hydrogen (secondary N) is 1. The van der Waals surface area contributed by atoms with Crippen molar-refractivity contribution >= 4 is 12.0 Å². The molecule has 1 rings (SSSR count). The van der Waals surface area contributed by atoms with Gasteiger partial charge < -0.3 is 20.5 Å². The maximum atomic E-state index is 11.6. The molecule has 0 heterocycles. The number of benzene rings is 1. The van der Waals surface area contributed by atoms with E-state index in [-0.39, 0.29) is 18.9 Å². The topological polar surface area (TPSA) is 90.6 Å². The van der Waals surface area contributed by atoms with E-state index in [9.17, 15) is 18.4 Å². The molecular weight excluding hydrogens is 334 g/mol. The number of ether oxygens (including phenoxy) is 2. The highest BCUT2D eigenvalue weighted by Crippen LogP contribution is 2.05. The molecule has 3 N–H and O–H groups in total. The Morgan fingerprint density at radius 2 is 1.92 bits per heavy atom. The van der Waals surface area contributed by atoms with Gasteiger partial charge in [0.2, 0.25) is 5.91 Å². The van der Waals surface area contributed by atoms with Crippen LogP contribution in [0.5, 0.6) is 0 Å². The first kappa shape index (κ1) is 22.8. The monoisotopic (exact) mass is 360 g/mol. The summed E-state index contributed by atoms with van der Waals surface area (Å²) in [7, 11) is 0. The average Bonchev–Trinajstić information content (AvgIpc) is 2.43. The quantitative estimate of drug-likeness (QED) is 0.815. The van der Waals surface area contributed by atoms with Gasteiger partial charge in [0.05, 0.1) is 13.0 Å². The summed E-state index contributed by atoms with van der Waals surface area (Å²) in [5, 5.41) is 2.64. The second-order valence-electron chi connectivity index (χ2n) is 6.18. The lowest BCUT2D eigenvalue weighted by molar-refractivity contribution is -0.138. The molecule has 0 aliphatic heterocycles. The van der Waals surface area contributed by atoms with Gasteiger partial charge in [0.15, 0.2) is 0 Å². The van der Waals surface area contributed by atoms with Crippen molar-refractivity contribution < 1.29 is 27.8 Å². The lowest BCUT2D eigenvalue weighted by atomic mass is 10.1. The van der Waals surface area contributed by atoms with Gasteiger partial charge in [-0.1, -0.05) is 29.8 Å². The molecular formula is C17H26F2N2O4. The summed E-state index contributed by atoms with van der Waals surface area (Å²) in [4.78, 5) is 21.3. The van der Waals surface area contributed by atoms with Crippen molar-refractivity contribution in [3.8, 4) is 0 Å². The molecule has 0 saturated heterocycles. The Bertz CT molecular complexity index is 546. The summed E-state index contributed by atoms with van der Waals surface area (Å²) in [6.07, 6.45) is -0.784. The highest BCUT2D eigenvalue weighted by molar-refractivity contribution is 5.75. The first-order valence-electron chi connectivity index (χ1n) is 7.70. The second-order valence-corrected chi connectivity index (χ2v) is 6.18. The van der Waals surface area contributed by atoms with Gasteiger partial charge in [-0.25, -0.2) is 4.79 Å². The molecule has 0 atom stereocenters. The van der Waals surface area contributed by atoms with Gasteiger partial charge in [0.1, 0.15) is 5.60 Å². The maximum Gasteiger partial charge on any atom is 0.405 e. The fraction of sp³-hybridized carbons (Fsp3) is 0.529. The Labute approximate surface area is 146 Å². The highest BCUT2D eigenvalue weighted by Gasteiger charge is 2.12. The van der Waals surface area contributed by atoms with E-state index < -0.39 is 18.3 Å². The van der Waals surface area contributed by atoms with Crippen LogP contribution in [0.15, 0.2) is 24.3 Å². The summed E-state index contributed by atoms with van der Waals surface area (Å²) < 4.78 is 31.8. The first-order chi connectivity index (χ1) is 11.5. The van der Waals surface area contributed by atoms with Crippen LogP contribution in [-0.2, 0) is 20.8 Å². The third kappa shape index (κ3) is 15.1. The van der Waals surface area contributed by atoms with Gasteiger partial charge in [0.25, 0.3) is 0 Å². The van der Waals surface area contributed by atoms with E-state index in [4.69, 9.17) is 5.73 Å². The molecule has 1 aromatic carbocycles. The highest BCUT2D eigenvalue weighted by atomic mass is 19.3. The van der Waals surface area contributed by atoms with E-state index in [1.807, 2.05) is 31.2 Å². The summed E-state index contributed by atoms with van der Waals surface area (Å²) >= 11 is 0. The Kier molecular flexibility index (Phi) is 10.3. The van der Waals surface area contributed by atoms with E-state index in [0.29, 0.717) is 6.54 Å². The molecule has 6 nitrogen and oxygen atoms in total. The van der Waals surface area contributed by atoms with Crippen LogP contribution in [0.1, 0.15) is 38.3 Å². The largest absolute Gasteiger partial charge is 0.444 e. The van der Waals surface area contributed by atoms with Crippen LogP contribution in [0, 0.1) is 6.92 Å². The van der Waals surface area contributed by atoms with Gasteiger partial charge >= 0.3 is 12.7 Å². The van der Waals surface area contributed by atoms with Crippen LogP contribution in [0.25, 0.3) is 0 Å². The molecule has 0 bridgehead atoms. The van der Waals surface area contributed by atoms with E-state index in [1.54, 1.807) is 20.8 Å². The predicted molar refractivity (Wildman–Crippen MR) is 90.0 cm³/mol. The lowest BCUT2D eigenvalue weighted by Gasteiger charge is -2.16. The molecule has 2 amide bonds. The van der Waals surface area contributed by atoms with E-state index in [2.05, 4.69) is 14.8 Å². The molecule has 8 heteroatoms. The summed E-state index contributed by atoms with van der Waals surface area (Å²) in [6.45, 7) is 4.56. The fourth-order valence-corrected chi connectivity index (χ4v) is 1.65. The second kappa shape index (κ2) is 11.4. The number of carbonyl (C=O) groups is 2. The van der Waals surface area contributed by atoms with Crippen molar-refractivity contribution in [2.45, 2.75) is 52.9 Å². The number of amides is 2. The van der Waals surface area contributed by atoms with Crippen molar-refractivity contribution in [1.29, 1.82) is 0 Å². The fourth-order valence-electron chi connectivity index (χ4n) is 1.65. The SMILES string of the molecule is CC(C)(C)OC(N)=O.Cc1cccc(CNC(=O)CCOC(F)F)c1. The lowest BCUT2D eigenvalue weighted by Crippen LogP contribution is -2.27. The van der Waals surface area contributed by atoms with Crippen LogP contribution in [0.3, 0.4) is 0 Å². The Morgan fingerprint density at radius 1 is 1.28 bits per heavy atom. The maximum absolute atomic E-state index is 11.6. The molecule has 0 fully saturated rings. The minimum absolute atomic E-state index is 0.0594. The summed E-state index contributed by atoms with van der Waals surface area (Å²) in [6, 6.07) is 7.71. The number of halogens is 2. The number of rotatable bonds is 6. The summed E-state index contributed by atoms with van der Waals surface area (Å²) in [5.41, 5.74) is 6.35. The smallest absolute Gasteiger partial charge is 0.405 e. The zero-order chi connectivity index (χ0) is 19.5. The molecule has 0 aliphatic carbocycles. The summed E-state index contributed by atoms with van der Waals surface area (Å²) in [5.74, 6) is -0.299. The number of nitrogens with two attached hydrogens (primary N) is 1. The molecule has 0 unspecified atom stereocenters. The Hall–Kier alpha value is -2.22. The van der Waals surface area contributed by atoms with E-state index in [1.165, 1.54) is 0 Å². The predicted octanol–water partition coefficient (Wildman–Crippen LogP) is 3.12. The number of alkyl halides is 2. The third-order valence-corrected chi connectivity index (χ3v) is 2.55. The third-order valence-electron chi connectivity index (χ3n) is 2.55. The molecule has 1 aromatic rings. The molecule has 25 heavy (non-hydrogen) atoms. The van der Waals surface area contributed by atoms with Gasteiger partial charge in [0, 0.05) is 6.54 Å². The molecule has 0 spiro atoms. The minimum atomic E-state index is -2.82. The van der Waals surface area contributed by atoms with Crippen molar-refractivity contribution in [1.82, 2.24) is 5.32 Å². The van der Waals surface area contributed by atoms with Gasteiger partial charge in [-0.2, -0.15) is 8.78 Å². The van der Waals surface area contributed by atoms with Crippen molar-refractivity contribution in [3.63, 3.8) is 0 Å². The molecule has 0 aliphatic rings. The number of primary amides is 1. The number of hydrogen-bond acceptors (Lipinski definition) is 4. The number of aryl methyl sites for hydroxylation is 1. The van der Waals surface area contributed by atoms with Crippen molar-refractivity contribution in [2.75, 3.05) is 6.61 Å². The van der Waals surface area contributed by atoms with Crippen molar-refractivity contribution in [3.05, 3.63) is 35.4 Å². The molecule has 142 valence electrons. The van der Waals surface area contributed by atoms with Crippen molar-refractivity contribution in [2.24, 2.45) is 5.73 Å². The van der Waals surface area contributed by atoms with Crippen LogP contribution < -0.4 is 11.1 Å². The van der Waals surface area contributed by atoms with Crippen LogP contribution in [0.2, 0.25) is 0 Å². The molecule has 0 radical (unpaired) electrons. The zero-order valence-corrected chi connectivity index (χ0v) is 15.0. The van der Waals surface area contributed by atoms with E-state index >= 15 is 0 Å². The van der Waals surface area contributed by atoms with Gasteiger partial charge in [-0.05, 0) is 33.3 Å². The van der Waals surface area contributed by atoms with E-state index in [0.717, 1.165) is 11.1 Å². The Morgan fingerprint density at radius 3 is 2.36 bits per heavy atom. The molecule has 0 aromatic heterocycles. The van der Waals surface area contributed by atoms with Crippen LogP contribution in [-0.4, -0.2) is 30.8 Å². The molecule has 0 saturated carbocycles.